The Labute approximate surface area is 176 Å². The van der Waals surface area contributed by atoms with E-state index in [0.29, 0.717) is 16.9 Å². The minimum atomic E-state index is -2.04. The van der Waals surface area contributed by atoms with Crippen LogP contribution in [-0.2, 0) is 28.8 Å². The molecule has 0 saturated carbocycles. The summed E-state index contributed by atoms with van der Waals surface area (Å²) in [6.07, 6.45) is 1.85. The molecule has 0 saturated heterocycles. The van der Waals surface area contributed by atoms with E-state index in [1.54, 1.807) is 42.5 Å². The minimum absolute atomic E-state index is 0.0412. The monoisotopic (exact) mass is 430 g/mol. The van der Waals surface area contributed by atoms with E-state index in [-0.39, 0.29) is 18.9 Å². The van der Waals surface area contributed by atoms with E-state index in [0.717, 1.165) is 27.7 Å². The van der Waals surface area contributed by atoms with Gasteiger partial charge in [-0.3, -0.25) is 0 Å². The number of carbonyl (C=O) groups excluding carboxylic acids is 1. The molecule has 0 amide bonds. The summed E-state index contributed by atoms with van der Waals surface area (Å²) in [7, 11) is 1.32. The molecule has 1 heterocycles. The van der Waals surface area contributed by atoms with Crippen molar-refractivity contribution in [3.8, 4) is 0 Å². The smallest absolute Gasteiger partial charge is 0.337 e. The lowest BCUT2D eigenvalue weighted by molar-refractivity contribution is 0.0601. The number of nitrogens with two attached hydrogens (primary N) is 1. The third kappa shape index (κ3) is 4.51. The molecule has 0 fully saturated rings. The number of halogens is 1. The van der Waals surface area contributed by atoms with Gasteiger partial charge in [0.2, 0.25) is 0 Å². The van der Waals surface area contributed by atoms with Crippen molar-refractivity contribution in [2.45, 2.75) is 24.8 Å². The van der Waals surface area contributed by atoms with E-state index in [1.807, 2.05) is 11.5 Å². The van der Waals surface area contributed by atoms with Crippen molar-refractivity contribution in [3.63, 3.8) is 0 Å². The van der Waals surface area contributed by atoms with E-state index in [9.17, 15) is 17.9 Å². The Bertz CT molecular complexity index is 1140. The second kappa shape index (κ2) is 9.34. The van der Waals surface area contributed by atoms with Gasteiger partial charge in [-0.05, 0) is 60.9 Å². The number of aromatic nitrogens is 1. The van der Waals surface area contributed by atoms with Crippen LogP contribution in [0.3, 0.4) is 0 Å². The van der Waals surface area contributed by atoms with Gasteiger partial charge in [0.15, 0.2) is 11.1 Å². The number of hydrogen-bond donors (Lipinski definition) is 2. The fraction of sp³-hybridized carbons (Fsp3) is 0.227. The number of allylic oxidation sites excluding steroid dienone is 1. The van der Waals surface area contributed by atoms with Crippen LogP contribution in [0.2, 0.25) is 0 Å². The predicted molar refractivity (Wildman–Crippen MR) is 115 cm³/mol. The molecule has 3 rings (SSSR count). The van der Waals surface area contributed by atoms with E-state index in [4.69, 9.17) is 10.5 Å². The molecule has 0 spiro atoms. The highest BCUT2D eigenvalue weighted by molar-refractivity contribution is 7.79. The Hall–Kier alpha value is -2.81. The standard InChI is InChI=1S/C22H23FN2O4S/c1-14-19(11-15-3-6-18(7-4-15)30(27)28)20-12-16(22(26)29-2)5-8-21(20)25(14)13-17(23)9-10-24/h3-9,12H,10-11,13,24H2,1-2H3,(H,27,28)/b17-9-. The molecule has 1 atom stereocenters. The number of nitrogens with zero attached hydrogens (tertiary/aromatic N) is 1. The third-order valence-electron chi connectivity index (χ3n) is 5.03. The molecule has 3 N–H and O–H groups in total. The zero-order chi connectivity index (χ0) is 21.8. The van der Waals surface area contributed by atoms with Crippen LogP contribution in [0.15, 0.2) is 59.3 Å². The maximum Gasteiger partial charge on any atom is 0.337 e. The minimum Gasteiger partial charge on any atom is -0.465 e. The molecule has 0 aliphatic rings. The number of fused-ring (bicyclic) bond motifs is 1. The zero-order valence-corrected chi connectivity index (χ0v) is 17.5. The molecule has 6 nitrogen and oxygen atoms in total. The van der Waals surface area contributed by atoms with Gasteiger partial charge in [0, 0.05) is 23.1 Å². The molecule has 0 bridgehead atoms. The van der Waals surface area contributed by atoms with Crippen LogP contribution < -0.4 is 5.73 Å². The number of rotatable bonds is 7. The van der Waals surface area contributed by atoms with Crippen molar-refractivity contribution in [2.75, 3.05) is 13.7 Å². The van der Waals surface area contributed by atoms with Gasteiger partial charge in [-0.25, -0.2) is 13.4 Å². The molecule has 8 heteroatoms. The summed E-state index contributed by atoms with van der Waals surface area (Å²) in [5, 5.41) is 0.825. The Kier molecular flexibility index (Phi) is 6.81. The fourth-order valence-electron chi connectivity index (χ4n) is 3.49. The van der Waals surface area contributed by atoms with Crippen LogP contribution in [0.25, 0.3) is 10.9 Å². The lowest BCUT2D eigenvalue weighted by Gasteiger charge is -2.08. The molecule has 158 valence electrons. The fourth-order valence-corrected chi connectivity index (χ4v) is 3.86. The molecular formula is C22H23FN2O4S. The quantitative estimate of drug-likeness (QED) is 0.440. The van der Waals surface area contributed by atoms with E-state index in [1.165, 1.54) is 13.2 Å². The van der Waals surface area contributed by atoms with Gasteiger partial charge in [-0.1, -0.05) is 12.1 Å². The molecular weight excluding hydrogens is 407 g/mol. The summed E-state index contributed by atoms with van der Waals surface area (Å²) in [4.78, 5) is 12.3. The zero-order valence-electron chi connectivity index (χ0n) is 16.7. The first-order chi connectivity index (χ1) is 14.3. The average molecular weight is 431 g/mol. The van der Waals surface area contributed by atoms with Gasteiger partial charge >= 0.3 is 5.97 Å². The summed E-state index contributed by atoms with van der Waals surface area (Å²) < 4.78 is 41.3. The molecule has 3 aromatic rings. The number of methoxy groups -OCH3 is 1. The molecule has 30 heavy (non-hydrogen) atoms. The van der Waals surface area contributed by atoms with E-state index >= 15 is 0 Å². The highest BCUT2D eigenvalue weighted by Gasteiger charge is 2.18. The second-order valence-corrected chi connectivity index (χ2v) is 7.80. The Morgan fingerprint density at radius 1 is 1.27 bits per heavy atom. The lowest BCUT2D eigenvalue weighted by Crippen LogP contribution is -2.04. The van der Waals surface area contributed by atoms with Crippen molar-refractivity contribution in [1.29, 1.82) is 0 Å². The summed E-state index contributed by atoms with van der Waals surface area (Å²) in [5.41, 5.74) is 9.36. The van der Waals surface area contributed by atoms with Crippen LogP contribution in [0.4, 0.5) is 4.39 Å². The van der Waals surface area contributed by atoms with Gasteiger partial charge in [0.25, 0.3) is 0 Å². The number of benzene rings is 2. The Balaban J connectivity index is 2.12. The summed E-state index contributed by atoms with van der Waals surface area (Å²) in [6.45, 7) is 2.06. The van der Waals surface area contributed by atoms with Crippen molar-refractivity contribution in [3.05, 3.63) is 76.8 Å². The van der Waals surface area contributed by atoms with Crippen LogP contribution in [-0.4, -0.2) is 33.0 Å². The number of carbonyl (C=O) groups is 1. The lowest BCUT2D eigenvalue weighted by atomic mass is 10.0. The third-order valence-corrected chi connectivity index (χ3v) is 5.71. The summed E-state index contributed by atoms with van der Waals surface area (Å²) >= 11 is -2.04. The predicted octanol–water partition coefficient (Wildman–Crippen LogP) is 3.72. The van der Waals surface area contributed by atoms with Crippen LogP contribution in [0, 0.1) is 6.92 Å². The molecule has 0 aliphatic heterocycles. The van der Waals surface area contributed by atoms with Crippen LogP contribution in [0.1, 0.15) is 27.2 Å². The highest BCUT2D eigenvalue weighted by Crippen LogP contribution is 2.30. The Morgan fingerprint density at radius 3 is 2.57 bits per heavy atom. The number of ether oxygens (including phenoxy) is 1. The number of esters is 1. The molecule has 1 aromatic heterocycles. The molecule has 0 aliphatic carbocycles. The average Bonchev–Trinajstić information content (AvgIpc) is 2.99. The second-order valence-electron chi connectivity index (χ2n) is 6.83. The van der Waals surface area contributed by atoms with E-state index in [2.05, 4.69) is 0 Å². The molecule has 1 unspecified atom stereocenters. The number of hydrogen-bond acceptors (Lipinski definition) is 4. The van der Waals surface area contributed by atoms with Crippen molar-refractivity contribution >= 4 is 28.0 Å². The summed E-state index contributed by atoms with van der Waals surface area (Å²) in [6, 6.07) is 12.0. The summed E-state index contributed by atoms with van der Waals surface area (Å²) in [5.74, 6) is -0.784. The van der Waals surface area contributed by atoms with E-state index < -0.39 is 17.0 Å². The first-order valence-corrected chi connectivity index (χ1v) is 10.4. The maximum absolute atomic E-state index is 14.2. The van der Waals surface area contributed by atoms with Crippen LogP contribution in [0.5, 0.6) is 0 Å². The van der Waals surface area contributed by atoms with Gasteiger partial charge < -0.3 is 19.6 Å². The Morgan fingerprint density at radius 2 is 1.97 bits per heavy atom. The highest BCUT2D eigenvalue weighted by atomic mass is 32.2. The first-order valence-electron chi connectivity index (χ1n) is 9.30. The van der Waals surface area contributed by atoms with Gasteiger partial charge in [0.05, 0.1) is 24.1 Å². The van der Waals surface area contributed by atoms with Gasteiger partial charge in [-0.15, -0.1) is 0 Å². The topological polar surface area (TPSA) is 94.5 Å². The van der Waals surface area contributed by atoms with Gasteiger partial charge in [0.1, 0.15) is 5.83 Å². The normalized spacial score (nSPS) is 12.9. The van der Waals surface area contributed by atoms with Crippen molar-refractivity contribution in [2.24, 2.45) is 5.73 Å². The van der Waals surface area contributed by atoms with Gasteiger partial charge in [-0.2, -0.15) is 0 Å². The van der Waals surface area contributed by atoms with Crippen molar-refractivity contribution < 1.29 is 22.7 Å². The molecule has 0 radical (unpaired) electrons. The molecule has 2 aromatic carbocycles. The SMILES string of the molecule is COC(=O)c1ccc2c(c1)c(Cc1ccc(S(=O)O)cc1)c(C)n2C/C(F)=C/CN. The maximum atomic E-state index is 14.2. The first kappa shape index (κ1) is 21.9. The van der Waals surface area contributed by atoms with Crippen molar-refractivity contribution in [1.82, 2.24) is 4.57 Å². The van der Waals surface area contributed by atoms with Crippen LogP contribution >= 0.6 is 0 Å². The largest absolute Gasteiger partial charge is 0.465 e.